The van der Waals surface area contributed by atoms with Crippen LogP contribution in [0, 0.1) is 12.8 Å². The van der Waals surface area contributed by atoms with E-state index in [9.17, 15) is 4.79 Å². The van der Waals surface area contributed by atoms with Crippen LogP contribution in [0.1, 0.15) is 34.6 Å². The normalized spacial score (nSPS) is 20.7. The molecule has 1 aromatic heterocycles. The maximum atomic E-state index is 12.6. The molecule has 0 radical (unpaired) electrons. The molecule has 0 spiro atoms. The Hall–Kier alpha value is -1.43. The third-order valence-electron chi connectivity index (χ3n) is 4.37. The van der Waals surface area contributed by atoms with Crippen LogP contribution in [0.5, 0.6) is 0 Å². The number of hydrogen-bond donors (Lipinski definition) is 2. The second-order valence-corrected chi connectivity index (χ2v) is 7.38. The Morgan fingerprint density at radius 3 is 2.83 bits per heavy atom. The first kappa shape index (κ1) is 16.4. The van der Waals surface area contributed by atoms with Crippen LogP contribution < -0.4 is 11.1 Å². The van der Waals surface area contributed by atoms with Crippen LogP contribution in [0.2, 0.25) is 5.02 Å². The first-order valence-corrected chi connectivity index (χ1v) is 9.02. The zero-order valence-corrected chi connectivity index (χ0v) is 14.6. The van der Waals surface area contributed by atoms with E-state index in [2.05, 4.69) is 10.3 Å². The summed E-state index contributed by atoms with van der Waals surface area (Å²) < 4.78 is 0. The minimum atomic E-state index is -0.0365. The number of nitrogens with zero attached hydrogens (tertiary/aromatic N) is 1. The molecule has 23 heavy (non-hydrogen) atoms. The fraction of sp³-hybridized carbons (Fsp3) is 0.412. The first-order chi connectivity index (χ1) is 11.1. The molecule has 0 aliphatic heterocycles. The average molecular weight is 350 g/mol. The third-order valence-corrected chi connectivity index (χ3v) is 5.83. The molecule has 1 amide bonds. The lowest BCUT2D eigenvalue weighted by Crippen LogP contribution is -2.39. The Balaban J connectivity index is 1.77. The number of nitrogens with two attached hydrogens (primary N) is 1. The number of carbonyl (C=O) groups excluding carboxylic acids is 1. The van der Waals surface area contributed by atoms with E-state index >= 15 is 0 Å². The highest BCUT2D eigenvalue weighted by Gasteiger charge is 2.28. The molecule has 1 aromatic carbocycles. The zero-order chi connectivity index (χ0) is 16.4. The Morgan fingerprint density at radius 2 is 2.13 bits per heavy atom. The van der Waals surface area contributed by atoms with Gasteiger partial charge in [0.25, 0.3) is 5.91 Å². The summed E-state index contributed by atoms with van der Waals surface area (Å²) in [6, 6.07) is 7.69. The predicted molar refractivity (Wildman–Crippen MR) is 94.9 cm³/mol. The van der Waals surface area contributed by atoms with Crippen LogP contribution in [-0.2, 0) is 0 Å². The van der Waals surface area contributed by atoms with Gasteiger partial charge in [0.1, 0.15) is 9.88 Å². The van der Waals surface area contributed by atoms with Gasteiger partial charge in [0.05, 0.1) is 5.69 Å². The molecule has 4 nitrogen and oxygen atoms in total. The molecule has 1 aliphatic rings. The summed E-state index contributed by atoms with van der Waals surface area (Å²) in [4.78, 5) is 17.8. The van der Waals surface area contributed by atoms with Crippen LogP contribution >= 0.6 is 22.9 Å². The van der Waals surface area contributed by atoms with Gasteiger partial charge in [-0.05, 0) is 44.4 Å². The number of thiazole rings is 1. The smallest absolute Gasteiger partial charge is 0.263 e. The molecule has 0 saturated heterocycles. The number of benzene rings is 1. The van der Waals surface area contributed by atoms with Gasteiger partial charge >= 0.3 is 0 Å². The summed E-state index contributed by atoms with van der Waals surface area (Å²) in [6.45, 7) is 2.50. The molecule has 2 atom stereocenters. The van der Waals surface area contributed by atoms with E-state index in [1.54, 1.807) is 0 Å². The standard InChI is InChI=1S/C17H20ClN3OS/c1-10-15(16(22)21-14-4-2-3-12(14)9-19)23-17(20-10)11-5-7-13(18)8-6-11/h5-8,12,14H,2-4,9,19H2,1H3,(H,21,22). The van der Waals surface area contributed by atoms with Crippen LogP contribution in [0.15, 0.2) is 24.3 Å². The molecule has 2 aromatic rings. The zero-order valence-electron chi connectivity index (χ0n) is 13.0. The Kier molecular flexibility index (Phi) is 4.99. The van der Waals surface area contributed by atoms with E-state index in [-0.39, 0.29) is 11.9 Å². The number of nitrogens with one attached hydrogen (secondary N) is 1. The summed E-state index contributed by atoms with van der Waals surface area (Å²) >= 11 is 7.34. The molecule has 2 unspecified atom stereocenters. The quantitative estimate of drug-likeness (QED) is 0.885. The molecule has 0 bridgehead atoms. The second-order valence-electron chi connectivity index (χ2n) is 5.95. The van der Waals surface area contributed by atoms with E-state index < -0.39 is 0 Å². The fourth-order valence-electron chi connectivity index (χ4n) is 3.07. The van der Waals surface area contributed by atoms with Gasteiger partial charge in [0, 0.05) is 16.6 Å². The molecule has 1 fully saturated rings. The highest BCUT2D eigenvalue weighted by atomic mass is 35.5. The van der Waals surface area contributed by atoms with Gasteiger partial charge in [-0.25, -0.2) is 4.98 Å². The number of amides is 1. The molecule has 1 saturated carbocycles. The molecule has 3 N–H and O–H groups in total. The minimum Gasteiger partial charge on any atom is -0.348 e. The van der Waals surface area contributed by atoms with Crippen molar-refractivity contribution in [2.24, 2.45) is 11.7 Å². The van der Waals surface area contributed by atoms with E-state index in [1.165, 1.54) is 11.3 Å². The molecule has 6 heteroatoms. The van der Waals surface area contributed by atoms with Gasteiger partial charge in [-0.3, -0.25) is 4.79 Å². The maximum Gasteiger partial charge on any atom is 0.263 e. The summed E-state index contributed by atoms with van der Waals surface area (Å²) in [5, 5.41) is 4.67. The summed E-state index contributed by atoms with van der Waals surface area (Å²) in [5.41, 5.74) is 7.53. The van der Waals surface area contributed by atoms with Crippen LogP contribution in [0.3, 0.4) is 0 Å². The lowest BCUT2D eigenvalue weighted by Gasteiger charge is -2.19. The van der Waals surface area contributed by atoms with Crippen molar-refractivity contribution in [1.82, 2.24) is 10.3 Å². The van der Waals surface area contributed by atoms with Crippen molar-refractivity contribution < 1.29 is 4.79 Å². The van der Waals surface area contributed by atoms with Crippen LogP contribution in [0.25, 0.3) is 10.6 Å². The second kappa shape index (κ2) is 6.99. The average Bonchev–Trinajstić information content (AvgIpc) is 3.14. The Bertz CT molecular complexity index is 698. The van der Waals surface area contributed by atoms with Crippen molar-refractivity contribution >= 4 is 28.8 Å². The number of carbonyl (C=O) groups is 1. The van der Waals surface area contributed by atoms with Crippen molar-refractivity contribution in [3.8, 4) is 10.6 Å². The van der Waals surface area contributed by atoms with E-state index in [4.69, 9.17) is 17.3 Å². The molecule has 122 valence electrons. The highest BCUT2D eigenvalue weighted by molar-refractivity contribution is 7.17. The first-order valence-electron chi connectivity index (χ1n) is 7.82. The highest BCUT2D eigenvalue weighted by Crippen LogP contribution is 2.30. The van der Waals surface area contributed by atoms with Gasteiger partial charge in [-0.15, -0.1) is 11.3 Å². The van der Waals surface area contributed by atoms with Crippen molar-refractivity contribution in [1.29, 1.82) is 0 Å². The van der Waals surface area contributed by atoms with Gasteiger partial charge in [0.15, 0.2) is 0 Å². The fourth-order valence-corrected chi connectivity index (χ4v) is 4.17. The number of aromatic nitrogens is 1. The van der Waals surface area contributed by atoms with Crippen molar-refractivity contribution in [2.45, 2.75) is 32.2 Å². The minimum absolute atomic E-state index is 0.0365. The third kappa shape index (κ3) is 3.57. The van der Waals surface area contributed by atoms with Crippen molar-refractivity contribution in [3.05, 3.63) is 39.9 Å². The maximum absolute atomic E-state index is 12.6. The SMILES string of the molecule is Cc1nc(-c2ccc(Cl)cc2)sc1C(=O)NC1CCCC1CN. The van der Waals surface area contributed by atoms with Crippen molar-refractivity contribution in [2.75, 3.05) is 6.54 Å². The summed E-state index contributed by atoms with van der Waals surface area (Å²) in [5.74, 6) is 0.355. The van der Waals surface area contributed by atoms with E-state index in [0.717, 1.165) is 35.5 Å². The van der Waals surface area contributed by atoms with Crippen LogP contribution in [0.4, 0.5) is 0 Å². The topological polar surface area (TPSA) is 68.0 Å². The van der Waals surface area contributed by atoms with E-state index in [1.807, 2.05) is 31.2 Å². The van der Waals surface area contributed by atoms with Crippen molar-refractivity contribution in [3.63, 3.8) is 0 Å². The van der Waals surface area contributed by atoms with E-state index in [0.29, 0.717) is 22.4 Å². The number of aryl methyl sites for hydroxylation is 1. The monoisotopic (exact) mass is 349 g/mol. The number of halogens is 1. The molecule has 1 aliphatic carbocycles. The summed E-state index contributed by atoms with van der Waals surface area (Å²) in [6.07, 6.45) is 3.24. The molecular formula is C17H20ClN3OS. The lowest BCUT2D eigenvalue weighted by molar-refractivity contribution is 0.0932. The van der Waals surface area contributed by atoms with Gasteiger partial charge in [-0.2, -0.15) is 0 Å². The molecule has 3 rings (SSSR count). The Morgan fingerprint density at radius 1 is 1.39 bits per heavy atom. The number of hydrogen-bond acceptors (Lipinski definition) is 4. The van der Waals surface area contributed by atoms with Gasteiger partial charge in [-0.1, -0.05) is 30.2 Å². The van der Waals surface area contributed by atoms with Gasteiger partial charge < -0.3 is 11.1 Å². The van der Waals surface area contributed by atoms with Gasteiger partial charge in [0.2, 0.25) is 0 Å². The summed E-state index contributed by atoms with van der Waals surface area (Å²) in [7, 11) is 0. The largest absolute Gasteiger partial charge is 0.348 e. The van der Waals surface area contributed by atoms with Crippen LogP contribution in [-0.4, -0.2) is 23.5 Å². The molecule has 1 heterocycles. The molecular weight excluding hydrogens is 330 g/mol. The lowest BCUT2D eigenvalue weighted by atomic mass is 10.0. The Labute approximate surface area is 145 Å². The predicted octanol–water partition coefficient (Wildman–Crippen LogP) is 3.63. The number of rotatable bonds is 4.